The summed E-state index contributed by atoms with van der Waals surface area (Å²) in [5, 5.41) is 12.9. The van der Waals surface area contributed by atoms with Gasteiger partial charge >= 0.3 is 0 Å². The molecule has 0 radical (unpaired) electrons. The predicted octanol–water partition coefficient (Wildman–Crippen LogP) is 5.83. The minimum Gasteiger partial charge on any atom is -0.411 e. The van der Waals surface area contributed by atoms with Gasteiger partial charge in [-0.3, -0.25) is 0 Å². The van der Waals surface area contributed by atoms with Gasteiger partial charge < -0.3 is 5.21 Å². The molecule has 0 aromatic rings. The van der Waals surface area contributed by atoms with Crippen molar-refractivity contribution in [3.05, 3.63) is 0 Å². The van der Waals surface area contributed by atoms with Crippen molar-refractivity contribution in [3.63, 3.8) is 0 Å². The van der Waals surface area contributed by atoms with E-state index in [0.29, 0.717) is 22.7 Å². The highest BCUT2D eigenvalue weighted by Gasteiger charge is 2.60. The summed E-state index contributed by atoms with van der Waals surface area (Å²) in [5.41, 5.74) is 1.64. The predicted molar refractivity (Wildman–Crippen MR) is 95.0 cm³/mol. The maximum Gasteiger partial charge on any atom is 0.100 e. The van der Waals surface area contributed by atoms with Crippen LogP contribution in [0.3, 0.4) is 0 Å². The summed E-state index contributed by atoms with van der Waals surface area (Å²) in [4.78, 5) is 0. The van der Waals surface area contributed by atoms with E-state index in [4.69, 9.17) is 0 Å². The Morgan fingerprint density at radius 3 is 2.42 bits per heavy atom. The fourth-order valence-corrected chi connectivity index (χ4v) is 7.96. The minimum atomic E-state index is -0.548. The molecule has 4 saturated carbocycles. The highest BCUT2D eigenvalue weighted by molar-refractivity contribution is 5.84. The molecule has 3 heteroatoms. The Hall–Kier alpha value is -0.600. The first-order valence-corrected chi connectivity index (χ1v) is 10.2. The smallest absolute Gasteiger partial charge is 0.100 e. The van der Waals surface area contributed by atoms with Crippen LogP contribution in [0, 0.1) is 40.4 Å². The fraction of sp³-hybridized carbons (Fsp3) is 0.952. The van der Waals surface area contributed by atoms with E-state index in [1.165, 1.54) is 38.5 Å². The van der Waals surface area contributed by atoms with Crippen molar-refractivity contribution in [2.24, 2.45) is 45.6 Å². The second kappa shape index (κ2) is 5.71. The van der Waals surface area contributed by atoms with Gasteiger partial charge in [-0.1, -0.05) is 19.0 Å². The number of hydrogen-bond donors (Lipinski definition) is 1. The molecule has 0 amide bonds. The lowest BCUT2D eigenvalue weighted by Crippen LogP contribution is -2.54. The molecule has 136 valence electrons. The average Bonchev–Trinajstić information content (AvgIpc) is 2.92. The highest BCUT2D eigenvalue weighted by Crippen LogP contribution is 2.67. The summed E-state index contributed by atoms with van der Waals surface area (Å²) in [5.74, 6) is 3.47. The van der Waals surface area contributed by atoms with Crippen LogP contribution in [0.25, 0.3) is 0 Å². The largest absolute Gasteiger partial charge is 0.411 e. The summed E-state index contributed by atoms with van der Waals surface area (Å²) in [6.07, 6.45) is 9.75. The maximum absolute atomic E-state index is 14.0. The molecule has 0 spiro atoms. The van der Waals surface area contributed by atoms with Crippen LogP contribution >= 0.6 is 0 Å². The van der Waals surface area contributed by atoms with Crippen molar-refractivity contribution < 1.29 is 9.60 Å². The molecule has 0 saturated heterocycles. The molecule has 1 N–H and O–H groups in total. The minimum absolute atomic E-state index is 0.317. The molecule has 4 fully saturated rings. The van der Waals surface area contributed by atoms with Gasteiger partial charge in [0.25, 0.3) is 0 Å². The Bertz CT molecular complexity index is 534. The molecule has 0 aliphatic heterocycles. The lowest BCUT2D eigenvalue weighted by Gasteiger charge is -2.60. The van der Waals surface area contributed by atoms with Crippen LogP contribution in [0.15, 0.2) is 5.16 Å². The summed E-state index contributed by atoms with van der Waals surface area (Å²) in [6.45, 7) is 6.97. The van der Waals surface area contributed by atoms with Crippen LogP contribution in [0.4, 0.5) is 4.39 Å². The van der Waals surface area contributed by atoms with Crippen molar-refractivity contribution in [1.29, 1.82) is 0 Å². The normalized spacial score (nSPS) is 54.8. The number of nitrogens with zero attached hydrogens (tertiary/aromatic N) is 1. The molecular formula is C21H34FNO. The van der Waals surface area contributed by atoms with Gasteiger partial charge in [0, 0.05) is 5.92 Å². The summed E-state index contributed by atoms with van der Waals surface area (Å²) in [6, 6.07) is 0. The maximum atomic E-state index is 14.0. The van der Waals surface area contributed by atoms with E-state index in [0.717, 1.165) is 42.7 Å². The molecule has 24 heavy (non-hydrogen) atoms. The number of oxime groups is 1. The molecule has 3 unspecified atom stereocenters. The number of halogens is 1. The quantitative estimate of drug-likeness (QED) is 0.365. The van der Waals surface area contributed by atoms with E-state index in [-0.39, 0.29) is 0 Å². The topological polar surface area (TPSA) is 32.6 Å². The zero-order valence-electron chi connectivity index (χ0n) is 15.6. The molecule has 2 nitrogen and oxygen atoms in total. The molecule has 0 aromatic carbocycles. The van der Waals surface area contributed by atoms with E-state index in [1.54, 1.807) is 0 Å². The van der Waals surface area contributed by atoms with Crippen LogP contribution in [0.2, 0.25) is 0 Å². The molecule has 4 aliphatic rings. The van der Waals surface area contributed by atoms with Crippen LogP contribution in [0.5, 0.6) is 0 Å². The first-order valence-electron chi connectivity index (χ1n) is 10.2. The SMILES string of the molecule is C/C(=N\O)[C@H]1CCC2C3CC[C@H]4C[C@@H](F)CC[C@]4(C)C3CC[C@@]21C. The van der Waals surface area contributed by atoms with Crippen LogP contribution in [-0.4, -0.2) is 17.1 Å². The van der Waals surface area contributed by atoms with Crippen LogP contribution < -0.4 is 0 Å². The number of alkyl halides is 1. The van der Waals surface area contributed by atoms with Gasteiger partial charge in [-0.25, -0.2) is 4.39 Å². The van der Waals surface area contributed by atoms with Gasteiger partial charge in [-0.2, -0.15) is 0 Å². The van der Waals surface area contributed by atoms with E-state index in [9.17, 15) is 9.60 Å². The first kappa shape index (κ1) is 16.8. The third-order valence-corrected chi connectivity index (χ3v) is 9.26. The van der Waals surface area contributed by atoms with E-state index >= 15 is 0 Å². The van der Waals surface area contributed by atoms with E-state index in [1.807, 2.05) is 6.92 Å². The fourth-order valence-electron chi connectivity index (χ4n) is 7.96. The molecule has 0 bridgehead atoms. The zero-order valence-corrected chi connectivity index (χ0v) is 15.6. The Balaban J connectivity index is 1.61. The summed E-state index contributed by atoms with van der Waals surface area (Å²) >= 11 is 0. The lowest BCUT2D eigenvalue weighted by atomic mass is 9.44. The second-order valence-electron chi connectivity index (χ2n) is 9.94. The lowest BCUT2D eigenvalue weighted by molar-refractivity contribution is -0.116. The molecule has 0 aromatic heterocycles. The molecule has 4 aliphatic carbocycles. The Labute approximate surface area is 146 Å². The summed E-state index contributed by atoms with van der Waals surface area (Å²) in [7, 11) is 0. The number of fused-ring (bicyclic) bond motifs is 5. The summed E-state index contributed by atoms with van der Waals surface area (Å²) < 4.78 is 14.0. The molecule has 0 heterocycles. The van der Waals surface area contributed by atoms with E-state index < -0.39 is 6.17 Å². The molecule has 8 atom stereocenters. The Morgan fingerprint density at radius 1 is 0.958 bits per heavy atom. The van der Waals surface area contributed by atoms with Crippen LogP contribution in [-0.2, 0) is 0 Å². The number of rotatable bonds is 1. The first-order chi connectivity index (χ1) is 11.4. The monoisotopic (exact) mass is 335 g/mol. The van der Waals surface area contributed by atoms with Gasteiger partial charge in [0.1, 0.15) is 6.17 Å². The Kier molecular flexibility index (Phi) is 4.01. The van der Waals surface area contributed by atoms with E-state index in [2.05, 4.69) is 19.0 Å². The van der Waals surface area contributed by atoms with Crippen molar-refractivity contribution >= 4 is 5.71 Å². The van der Waals surface area contributed by atoms with Crippen LogP contribution in [0.1, 0.15) is 78.6 Å². The van der Waals surface area contributed by atoms with Crippen molar-refractivity contribution in [2.45, 2.75) is 84.7 Å². The van der Waals surface area contributed by atoms with Gasteiger partial charge in [0.2, 0.25) is 0 Å². The van der Waals surface area contributed by atoms with Crippen molar-refractivity contribution in [1.82, 2.24) is 0 Å². The average molecular weight is 336 g/mol. The van der Waals surface area contributed by atoms with Crippen molar-refractivity contribution in [2.75, 3.05) is 0 Å². The second-order valence-corrected chi connectivity index (χ2v) is 9.94. The third kappa shape index (κ3) is 2.22. The van der Waals surface area contributed by atoms with Gasteiger partial charge in [-0.15, -0.1) is 0 Å². The third-order valence-electron chi connectivity index (χ3n) is 9.26. The Morgan fingerprint density at radius 2 is 1.67 bits per heavy atom. The molecular weight excluding hydrogens is 301 g/mol. The van der Waals surface area contributed by atoms with Gasteiger partial charge in [-0.05, 0) is 99.2 Å². The van der Waals surface area contributed by atoms with Gasteiger partial charge in [0.05, 0.1) is 5.71 Å². The highest BCUT2D eigenvalue weighted by atomic mass is 19.1. The number of hydrogen-bond acceptors (Lipinski definition) is 2. The zero-order chi connectivity index (χ0) is 17.1. The standard InChI is InChI=1S/C21H34FNO/c1-13(23-24)17-6-7-18-16-5-4-14-12-15(22)8-10-20(14,2)19(16)9-11-21(17,18)3/h14-19,24H,4-12H2,1-3H3/b23-13+/t14-,15-,16?,17+,18?,19?,20-,21+/m0/s1. The molecule has 4 rings (SSSR count). The van der Waals surface area contributed by atoms with Crippen molar-refractivity contribution in [3.8, 4) is 0 Å². The van der Waals surface area contributed by atoms with Gasteiger partial charge in [0.15, 0.2) is 0 Å².